The van der Waals surface area contributed by atoms with Crippen molar-refractivity contribution in [3.63, 3.8) is 0 Å². The second-order valence-electron chi connectivity index (χ2n) is 5.10. The molecule has 0 saturated heterocycles. The van der Waals surface area contributed by atoms with Crippen molar-refractivity contribution in [3.8, 4) is 0 Å². The van der Waals surface area contributed by atoms with E-state index < -0.39 is 0 Å². The van der Waals surface area contributed by atoms with E-state index in [4.69, 9.17) is 5.73 Å². The normalized spacial score (nSPS) is 18.6. The molecule has 0 amide bonds. The zero-order valence-electron chi connectivity index (χ0n) is 9.72. The summed E-state index contributed by atoms with van der Waals surface area (Å²) in [6.07, 6.45) is 5.40. The van der Waals surface area contributed by atoms with Crippen LogP contribution >= 0.6 is 15.9 Å². The summed E-state index contributed by atoms with van der Waals surface area (Å²) in [6.45, 7) is 3.39. The van der Waals surface area contributed by atoms with E-state index in [1.54, 1.807) is 0 Å². The van der Waals surface area contributed by atoms with Gasteiger partial charge in [0.05, 0.1) is 11.4 Å². The van der Waals surface area contributed by atoms with Crippen LogP contribution in [0.2, 0.25) is 0 Å². The monoisotopic (exact) mass is 282 g/mol. The summed E-state index contributed by atoms with van der Waals surface area (Å²) < 4.78 is 1.03. The standard InChI is InChI=1S/C13H19BrN2/c1-13(6-2-3-7-13)9-16-12-5-4-10(14)8-11(12)15/h4-5,8,16H,2-3,6-7,9,15H2,1H3. The van der Waals surface area contributed by atoms with E-state index in [2.05, 4.69) is 28.2 Å². The molecule has 1 aliphatic carbocycles. The van der Waals surface area contributed by atoms with E-state index in [0.29, 0.717) is 5.41 Å². The van der Waals surface area contributed by atoms with Gasteiger partial charge in [-0.3, -0.25) is 0 Å². The molecule has 0 bridgehead atoms. The minimum absolute atomic E-state index is 0.458. The smallest absolute Gasteiger partial charge is 0.0574 e. The van der Waals surface area contributed by atoms with E-state index in [1.165, 1.54) is 25.7 Å². The average molecular weight is 283 g/mol. The third kappa shape index (κ3) is 2.70. The van der Waals surface area contributed by atoms with Crippen molar-refractivity contribution < 1.29 is 0 Å². The lowest BCUT2D eigenvalue weighted by Gasteiger charge is -2.24. The maximum absolute atomic E-state index is 5.96. The first-order valence-corrected chi connectivity index (χ1v) is 6.67. The van der Waals surface area contributed by atoms with E-state index in [0.717, 1.165) is 22.4 Å². The van der Waals surface area contributed by atoms with Gasteiger partial charge in [-0.25, -0.2) is 0 Å². The Kier molecular flexibility index (Phi) is 3.43. The Morgan fingerprint density at radius 2 is 2.06 bits per heavy atom. The van der Waals surface area contributed by atoms with Crippen molar-refractivity contribution in [1.82, 2.24) is 0 Å². The highest BCUT2D eigenvalue weighted by atomic mass is 79.9. The second-order valence-corrected chi connectivity index (χ2v) is 6.02. The Balaban J connectivity index is 1.99. The lowest BCUT2D eigenvalue weighted by Crippen LogP contribution is -2.23. The molecule has 0 radical (unpaired) electrons. The highest BCUT2D eigenvalue weighted by Crippen LogP contribution is 2.38. The van der Waals surface area contributed by atoms with Crippen molar-refractivity contribution in [2.45, 2.75) is 32.6 Å². The minimum Gasteiger partial charge on any atom is -0.397 e. The summed E-state index contributed by atoms with van der Waals surface area (Å²) in [6, 6.07) is 6.01. The molecule has 3 heteroatoms. The Hall–Kier alpha value is -0.700. The van der Waals surface area contributed by atoms with Gasteiger partial charge in [-0.05, 0) is 36.5 Å². The number of rotatable bonds is 3. The van der Waals surface area contributed by atoms with Crippen LogP contribution in [0.5, 0.6) is 0 Å². The molecular formula is C13H19BrN2. The summed E-state index contributed by atoms with van der Waals surface area (Å²) in [5.41, 5.74) is 8.28. The highest BCUT2D eigenvalue weighted by Gasteiger charge is 2.28. The van der Waals surface area contributed by atoms with Crippen molar-refractivity contribution in [2.75, 3.05) is 17.6 Å². The number of hydrogen-bond acceptors (Lipinski definition) is 2. The molecule has 0 aromatic heterocycles. The zero-order valence-corrected chi connectivity index (χ0v) is 11.3. The summed E-state index contributed by atoms with van der Waals surface area (Å²) in [7, 11) is 0. The molecule has 0 heterocycles. The molecule has 88 valence electrons. The van der Waals surface area contributed by atoms with E-state index in [9.17, 15) is 0 Å². The molecular weight excluding hydrogens is 264 g/mol. The van der Waals surface area contributed by atoms with Gasteiger partial charge in [-0.1, -0.05) is 35.7 Å². The third-order valence-corrected chi connectivity index (χ3v) is 4.02. The first-order chi connectivity index (χ1) is 7.59. The van der Waals surface area contributed by atoms with Gasteiger partial charge in [0.15, 0.2) is 0 Å². The van der Waals surface area contributed by atoms with Crippen molar-refractivity contribution in [1.29, 1.82) is 0 Å². The van der Waals surface area contributed by atoms with Crippen molar-refractivity contribution in [2.24, 2.45) is 5.41 Å². The molecule has 1 aromatic rings. The summed E-state index contributed by atoms with van der Waals surface area (Å²) >= 11 is 3.42. The predicted octanol–water partition coefficient (Wildman–Crippen LogP) is 4.02. The molecule has 2 rings (SSSR count). The van der Waals surface area contributed by atoms with Crippen LogP contribution in [-0.2, 0) is 0 Å². The Morgan fingerprint density at radius 1 is 1.38 bits per heavy atom. The Bertz CT molecular complexity index is 370. The number of nitrogens with two attached hydrogens (primary N) is 1. The van der Waals surface area contributed by atoms with Crippen LogP contribution in [0.25, 0.3) is 0 Å². The number of nitrogens with one attached hydrogen (secondary N) is 1. The van der Waals surface area contributed by atoms with Gasteiger partial charge in [0, 0.05) is 11.0 Å². The molecule has 1 aliphatic rings. The van der Waals surface area contributed by atoms with Crippen LogP contribution in [0.4, 0.5) is 11.4 Å². The molecule has 0 atom stereocenters. The predicted molar refractivity (Wildman–Crippen MR) is 73.6 cm³/mol. The maximum atomic E-state index is 5.96. The van der Waals surface area contributed by atoms with Gasteiger partial charge < -0.3 is 11.1 Å². The summed E-state index contributed by atoms with van der Waals surface area (Å²) in [4.78, 5) is 0. The fourth-order valence-electron chi connectivity index (χ4n) is 2.41. The fourth-order valence-corrected chi connectivity index (χ4v) is 2.79. The average Bonchev–Trinajstić information content (AvgIpc) is 2.64. The Morgan fingerprint density at radius 3 is 2.69 bits per heavy atom. The molecule has 0 spiro atoms. The molecule has 2 nitrogen and oxygen atoms in total. The maximum Gasteiger partial charge on any atom is 0.0574 e. The van der Waals surface area contributed by atoms with Gasteiger partial charge >= 0.3 is 0 Å². The van der Waals surface area contributed by atoms with Crippen molar-refractivity contribution in [3.05, 3.63) is 22.7 Å². The quantitative estimate of drug-likeness (QED) is 0.822. The van der Waals surface area contributed by atoms with E-state index in [-0.39, 0.29) is 0 Å². The van der Waals surface area contributed by atoms with Gasteiger partial charge in [0.2, 0.25) is 0 Å². The first kappa shape index (κ1) is 11.8. The van der Waals surface area contributed by atoms with Gasteiger partial charge in [-0.2, -0.15) is 0 Å². The fraction of sp³-hybridized carbons (Fsp3) is 0.538. The topological polar surface area (TPSA) is 38.0 Å². The number of benzene rings is 1. The second kappa shape index (κ2) is 4.66. The number of nitrogen functional groups attached to an aromatic ring is 1. The van der Waals surface area contributed by atoms with Crippen LogP contribution in [-0.4, -0.2) is 6.54 Å². The SMILES string of the molecule is CC1(CNc2ccc(Br)cc2N)CCCC1. The number of hydrogen-bond donors (Lipinski definition) is 2. The number of halogens is 1. The van der Waals surface area contributed by atoms with Crippen molar-refractivity contribution >= 4 is 27.3 Å². The number of anilines is 2. The molecule has 1 saturated carbocycles. The van der Waals surface area contributed by atoms with Gasteiger partial charge in [0.1, 0.15) is 0 Å². The zero-order chi connectivity index (χ0) is 11.6. The molecule has 1 fully saturated rings. The van der Waals surface area contributed by atoms with Crippen LogP contribution in [0, 0.1) is 5.41 Å². The molecule has 0 unspecified atom stereocenters. The summed E-state index contributed by atoms with van der Waals surface area (Å²) in [5, 5.41) is 3.48. The van der Waals surface area contributed by atoms with Crippen LogP contribution < -0.4 is 11.1 Å². The molecule has 16 heavy (non-hydrogen) atoms. The minimum atomic E-state index is 0.458. The molecule has 0 aliphatic heterocycles. The van der Waals surface area contributed by atoms with Crippen LogP contribution in [0.15, 0.2) is 22.7 Å². The van der Waals surface area contributed by atoms with Gasteiger partial charge in [0.25, 0.3) is 0 Å². The Labute approximate surface area is 106 Å². The first-order valence-electron chi connectivity index (χ1n) is 5.88. The molecule has 3 N–H and O–H groups in total. The van der Waals surface area contributed by atoms with Crippen LogP contribution in [0.1, 0.15) is 32.6 Å². The van der Waals surface area contributed by atoms with E-state index in [1.807, 2.05) is 18.2 Å². The summed E-state index contributed by atoms with van der Waals surface area (Å²) in [5.74, 6) is 0. The highest BCUT2D eigenvalue weighted by molar-refractivity contribution is 9.10. The van der Waals surface area contributed by atoms with Crippen LogP contribution in [0.3, 0.4) is 0 Å². The largest absolute Gasteiger partial charge is 0.397 e. The molecule has 1 aromatic carbocycles. The lowest BCUT2D eigenvalue weighted by atomic mass is 9.89. The third-order valence-electron chi connectivity index (χ3n) is 3.53. The lowest BCUT2D eigenvalue weighted by molar-refractivity contribution is 0.362. The van der Waals surface area contributed by atoms with E-state index >= 15 is 0 Å². The van der Waals surface area contributed by atoms with Gasteiger partial charge in [-0.15, -0.1) is 0 Å².